The van der Waals surface area contributed by atoms with E-state index in [-0.39, 0.29) is 51.6 Å². The zero-order valence-corrected chi connectivity index (χ0v) is 25.9. The highest BCUT2D eigenvalue weighted by molar-refractivity contribution is 6.35. The summed E-state index contributed by atoms with van der Waals surface area (Å²) in [7, 11) is 1.28. The Kier molecular flexibility index (Phi) is 9.75. The Balaban J connectivity index is 1.56. The first-order valence-corrected chi connectivity index (χ1v) is 14.7. The highest BCUT2D eigenvalue weighted by Crippen LogP contribution is 2.37. The van der Waals surface area contributed by atoms with Gasteiger partial charge in [-0.25, -0.2) is 13.5 Å². The molecule has 5 unspecified atom stereocenters. The average Bonchev–Trinajstić information content (AvgIpc) is 3.62. The number of β-amino-alcohol motifs (C(OH)–C–C–N with tert-alkyl or cyclic N) is 1. The lowest BCUT2D eigenvalue weighted by Gasteiger charge is -2.45. The van der Waals surface area contributed by atoms with Crippen LogP contribution in [0.2, 0.25) is 10.0 Å². The highest BCUT2D eigenvalue weighted by Gasteiger charge is 2.52. The molecule has 2 aliphatic heterocycles. The van der Waals surface area contributed by atoms with Crippen LogP contribution < -0.4 is 4.90 Å². The molecule has 0 saturated carbocycles. The second kappa shape index (κ2) is 13.2. The molecule has 2 fully saturated rings. The molecule has 2 aromatic carbocycles. The van der Waals surface area contributed by atoms with Gasteiger partial charge in [0.05, 0.1) is 24.9 Å². The number of aromatic nitrogens is 3. The van der Waals surface area contributed by atoms with Gasteiger partial charge in [0.1, 0.15) is 41.7 Å². The first kappa shape index (κ1) is 33.1. The fourth-order valence-corrected chi connectivity index (χ4v) is 6.30. The minimum absolute atomic E-state index is 0.0255. The summed E-state index contributed by atoms with van der Waals surface area (Å²) in [5.41, 5.74) is 0.179. The molecule has 0 aliphatic carbocycles. The number of ether oxygens (including phenoxy) is 2. The molecule has 2 aliphatic rings. The third kappa shape index (κ3) is 6.41. The summed E-state index contributed by atoms with van der Waals surface area (Å²) in [5.74, 6) is -2.64. The van der Waals surface area contributed by atoms with E-state index < -0.39 is 66.8 Å². The molecule has 0 radical (unpaired) electrons. The van der Waals surface area contributed by atoms with Gasteiger partial charge in [-0.05, 0) is 37.3 Å². The molecule has 3 heterocycles. The first-order valence-electron chi connectivity index (χ1n) is 13.9. The summed E-state index contributed by atoms with van der Waals surface area (Å²) in [4.78, 5) is 29.3. The fraction of sp³-hybridized carbons (Fsp3) is 0.448. The van der Waals surface area contributed by atoms with Crippen LogP contribution in [0.3, 0.4) is 0 Å². The summed E-state index contributed by atoms with van der Waals surface area (Å²) in [5, 5.41) is 40.8. The van der Waals surface area contributed by atoms with Crippen LogP contribution in [0, 0.1) is 18.6 Å². The van der Waals surface area contributed by atoms with Crippen LogP contribution in [-0.4, -0.2) is 110 Å². The molecule has 16 heteroatoms. The van der Waals surface area contributed by atoms with Gasteiger partial charge in [0, 0.05) is 54.0 Å². The zero-order chi connectivity index (χ0) is 32.7. The van der Waals surface area contributed by atoms with Crippen molar-refractivity contribution < 1.29 is 43.2 Å². The van der Waals surface area contributed by atoms with Crippen LogP contribution in [-0.2, 0) is 19.1 Å². The maximum Gasteiger partial charge on any atom is 0.259 e. The monoisotopic (exact) mass is 669 g/mol. The van der Waals surface area contributed by atoms with Crippen molar-refractivity contribution in [3.63, 3.8) is 0 Å². The number of methoxy groups -OCH3 is 1. The number of halogens is 4. The molecule has 2 saturated heterocycles. The molecule has 5 rings (SSSR count). The van der Waals surface area contributed by atoms with Crippen LogP contribution in [0.15, 0.2) is 36.5 Å². The fourth-order valence-electron chi connectivity index (χ4n) is 5.79. The van der Waals surface area contributed by atoms with E-state index in [4.69, 9.17) is 32.7 Å². The number of aliphatic hydroxyl groups is 3. The lowest BCUT2D eigenvalue weighted by Crippen LogP contribution is -2.63. The second-order valence-electron chi connectivity index (χ2n) is 11.0. The number of carbonyl (C=O) groups excluding carboxylic acids is 2. The number of hydrogen-bond donors (Lipinski definition) is 3. The second-order valence-corrected chi connectivity index (χ2v) is 11.9. The van der Waals surface area contributed by atoms with Crippen LogP contribution in [0.5, 0.6) is 0 Å². The van der Waals surface area contributed by atoms with Crippen LogP contribution >= 0.6 is 23.2 Å². The molecule has 242 valence electrons. The van der Waals surface area contributed by atoms with Gasteiger partial charge < -0.3 is 34.6 Å². The molecule has 45 heavy (non-hydrogen) atoms. The summed E-state index contributed by atoms with van der Waals surface area (Å²) in [6.45, 7) is 1.86. The Labute approximate surface area is 266 Å². The molecular weight excluding hydrogens is 639 g/mol. The molecule has 3 N–H and O–H groups in total. The van der Waals surface area contributed by atoms with E-state index in [1.807, 2.05) is 0 Å². The van der Waals surface area contributed by atoms with Crippen molar-refractivity contribution in [1.29, 1.82) is 0 Å². The van der Waals surface area contributed by atoms with Crippen molar-refractivity contribution >= 4 is 40.7 Å². The van der Waals surface area contributed by atoms with Gasteiger partial charge in [0.2, 0.25) is 5.91 Å². The van der Waals surface area contributed by atoms with E-state index in [1.165, 1.54) is 59.8 Å². The van der Waals surface area contributed by atoms with Gasteiger partial charge in [-0.15, -0.1) is 5.10 Å². The summed E-state index contributed by atoms with van der Waals surface area (Å²) in [6.07, 6.45) is -5.42. The standard InChI is InChI=1S/C29H31Cl2F2N5O7/c1-13-19(32)4-15(5-20(13)33)21-9-37(35-34-21)25-26(42)24(12-39)45-28(27(25)44-3)29(43)38(18-7-16(30)6-17(31)8-18)22-10-36(14(2)40)11-23(22)41/h4-9,22-28,39,41-42H,10-12H2,1-3H3/t22-,23-,24?,25?,26?,27?,28?/m0/s1. The number of rotatable bonds is 7. The van der Waals surface area contributed by atoms with E-state index >= 15 is 0 Å². The van der Waals surface area contributed by atoms with E-state index in [9.17, 15) is 33.7 Å². The predicted octanol–water partition coefficient (Wildman–Crippen LogP) is 2.14. The average molecular weight is 670 g/mol. The van der Waals surface area contributed by atoms with Gasteiger partial charge in [0.25, 0.3) is 5.91 Å². The summed E-state index contributed by atoms with van der Waals surface area (Å²) >= 11 is 12.5. The van der Waals surface area contributed by atoms with Crippen molar-refractivity contribution in [2.24, 2.45) is 0 Å². The van der Waals surface area contributed by atoms with Crippen LogP contribution in [0.4, 0.5) is 14.5 Å². The van der Waals surface area contributed by atoms with Crippen LogP contribution in [0.1, 0.15) is 18.5 Å². The normalized spacial score (nSPS) is 26.7. The number of carbonyl (C=O) groups is 2. The molecule has 0 spiro atoms. The smallest absolute Gasteiger partial charge is 0.259 e. The Morgan fingerprint density at radius 1 is 1.11 bits per heavy atom. The lowest BCUT2D eigenvalue weighted by molar-refractivity contribution is -0.211. The maximum atomic E-state index is 14.5. The van der Waals surface area contributed by atoms with Gasteiger partial charge in [-0.3, -0.25) is 9.59 Å². The van der Waals surface area contributed by atoms with Crippen molar-refractivity contribution in [1.82, 2.24) is 19.9 Å². The Morgan fingerprint density at radius 3 is 2.31 bits per heavy atom. The van der Waals surface area contributed by atoms with Crippen LogP contribution in [0.25, 0.3) is 11.3 Å². The number of anilines is 1. The van der Waals surface area contributed by atoms with Gasteiger partial charge in [-0.1, -0.05) is 28.4 Å². The largest absolute Gasteiger partial charge is 0.394 e. The van der Waals surface area contributed by atoms with Gasteiger partial charge in [0.15, 0.2) is 6.10 Å². The van der Waals surface area contributed by atoms with E-state index in [0.29, 0.717) is 0 Å². The molecular formula is C29H31Cl2F2N5O7. The maximum absolute atomic E-state index is 14.5. The van der Waals surface area contributed by atoms with Gasteiger partial charge in [-0.2, -0.15) is 0 Å². The summed E-state index contributed by atoms with van der Waals surface area (Å²) < 4.78 is 41.4. The van der Waals surface area contributed by atoms with Gasteiger partial charge >= 0.3 is 0 Å². The van der Waals surface area contributed by atoms with E-state index in [0.717, 1.165) is 12.1 Å². The highest BCUT2D eigenvalue weighted by atomic mass is 35.5. The molecule has 12 nitrogen and oxygen atoms in total. The van der Waals surface area contributed by atoms with Crippen molar-refractivity contribution in [2.45, 2.75) is 56.5 Å². The SMILES string of the molecule is COC1C(C(=O)N(c2cc(Cl)cc(Cl)c2)[C@H]2CN(C(C)=O)C[C@@H]2O)OC(CO)C(O)C1n1cc(-c2cc(F)c(C)c(F)c2)nn1. The minimum atomic E-state index is -1.52. The van der Waals surface area contributed by atoms with Crippen molar-refractivity contribution in [3.8, 4) is 11.3 Å². The number of amides is 2. The predicted molar refractivity (Wildman–Crippen MR) is 158 cm³/mol. The van der Waals surface area contributed by atoms with Crippen molar-refractivity contribution in [2.75, 3.05) is 31.7 Å². The third-order valence-corrected chi connectivity index (χ3v) is 8.61. The lowest BCUT2D eigenvalue weighted by atomic mass is 9.91. The first-order chi connectivity index (χ1) is 21.3. The summed E-state index contributed by atoms with van der Waals surface area (Å²) in [6, 6.07) is 4.41. The Morgan fingerprint density at radius 2 is 1.76 bits per heavy atom. The Hall–Kier alpha value is -3.24. The molecule has 1 aromatic heterocycles. The molecule has 0 bridgehead atoms. The Bertz CT molecular complexity index is 1550. The minimum Gasteiger partial charge on any atom is -0.394 e. The third-order valence-electron chi connectivity index (χ3n) is 8.17. The number of aliphatic hydroxyl groups excluding tert-OH is 3. The topological polar surface area (TPSA) is 150 Å². The molecule has 7 atom stereocenters. The zero-order valence-electron chi connectivity index (χ0n) is 24.3. The van der Waals surface area contributed by atoms with E-state index in [1.54, 1.807) is 0 Å². The number of likely N-dealkylation sites (tertiary alicyclic amines) is 1. The van der Waals surface area contributed by atoms with E-state index in [2.05, 4.69) is 10.3 Å². The number of nitrogens with zero attached hydrogens (tertiary/aromatic N) is 5. The number of benzene rings is 2. The van der Waals surface area contributed by atoms with Crippen molar-refractivity contribution in [3.05, 3.63) is 63.8 Å². The number of hydrogen-bond acceptors (Lipinski definition) is 9. The molecule has 3 aromatic rings. The molecule has 2 amide bonds. The quantitative estimate of drug-likeness (QED) is 0.344.